The molecule has 1 atom stereocenters. The predicted molar refractivity (Wildman–Crippen MR) is 72.4 cm³/mol. The molecule has 3 nitrogen and oxygen atoms in total. The Bertz CT molecular complexity index is 437. The first-order chi connectivity index (χ1) is 8.36. The number of hydrogen-bond acceptors (Lipinski definition) is 2. The summed E-state index contributed by atoms with van der Waals surface area (Å²) in [6.07, 6.45) is 0.562. The van der Waals surface area contributed by atoms with Gasteiger partial charge in [-0.2, -0.15) is 0 Å². The van der Waals surface area contributed by atoms with E-state index in [1.54, 1.807) is 14.0 Å². The molecule has 1 aromatic rings. The highest BCUT2D eigenvalue weighted by molar-refractivity contribution is 5.81. The van der Waals surface area contributed by atoms with Crippen LogP contribution in [0.4, 0.5) is 0 Å². The molecule has 1 unspecified atom stereocenters. The molecule has 0 spiro atoms. The van der Waals surface area contributed by atoms with Gasteiger partial charge in [0.15, 0.2) is 0 Å². The van der Waals surface area contributed by atoms with Crippen molar-refractivity contribution in [2.45, 2.75) is 45.4 Å². The summed E-state index contributed by atoms with van der Waals surface area (Å²) in [6.45, 7) is 7.81. The Morgan fingerprint density at radius 2 is 2.06 bits per heavy atom. The highest BCUT2D eigenvalue weighted by Gasteiger charge is 2.33. The number of carboxylic acid groups (broad SMARTS) is 1. The summed E-state index contributed by atoms with van der Waals surface area (Å²) in [7, 11) is 1.64. The van der Waals surface area contributed by atoms with Gasteiger partial charge in [-0.1, -0.05) is 32.9 Å². The van der Waals surface area contributed by atoms with Crippen LogP contribution in [0.3, 0.4) is 0 Å². The Morgan fingerprint density at radius 1 is 1.44 bits per heavy atom. The number of carboxylic acids is 1. The molecule has 100 valence electrons. The van der Waals surface area contributed by atoms with Crippen LogP contribution in [-0.4, -0.2) is 18.2 Å². The van der Waals surface area contributed by atoms with Crippen molar-refractivity contribution < 1.29 is 14.6 Å². The van der Waals surface area contributed by atoms with Crippen molar-refractivity contribution in [1.29, 1.82) is 0 Å². The van der Waals surface area contributed by atoms with Gasteiger partial charge < -0.3 is 9.84 Å². The smallest absolute Gasteiger partial charge is 0.313 e. The van der Waals surface area contributed by atoms with Crippen molar-refractivity contribution in [3.05, 3.63) is 29.3 Å². The fraction of sp³-hybridized carbons (Fsp3) is 0.533. The molecule has 0 radical (unpaired) electrons. The predicted octanol–water partition coefficient (Wildman–Crippen LogP) is 3.57. The van der Waals surface area contributed by atoms with E-state index in [9.17, 15) is 9.90 Å². The zero-order chi connectivity index (χ0) is 13.9. The number of rotatable bonds is 5. The minimum Gasteiger partial charge on any atom is -0.496 e. The minimum absolute atomic E-state index is 0.301. The van der Waals surface area contributed by atoms with Crippen molar-refractivity contribution in [3.63, 3.8) is 0 Å². The average molecular weight is 250 g/mol. The second kappa shape index (κ2) is 5.42. The van der Waals surface area contributed by atoms with Crippen LogP contribution >= 0.6 is 0 Å². The number of benzene rings is 1. The van der Waals surface area contributed by atoms with Crippen molar-refractivity contribution in [1.82, 2.24) is 0 Å². The fourth-order valence-electron chi connectivity index (χ4n) is 2.01. The van der Waals surface area contributed by atoms with E-state index in [1.165, 1.54) is 0 Å². The van der Waals surface area contributed by atoms with Gasteiger partial charge in [-0.15, -0.1) is 0 Å². The van der Waals surface area contributed by atoms with Gasteiger partial charge in [-0.25, -0.2) is 0 Å². The summed E-state index contributed by atoms with van der Waals surface area (Å²) in [5.41, 5.74) is 1.05. The summed E-state index contributed by atoms with van der Waals surface area (Å²) in [5, 5.41) is 9.41. The second-order valence-corrected chi connectivity index (χ2v) is 5.10. The van der Waals surface area contributed by atoms with Crippen molar-refractivity contribution >= 4 is 5.97 Å². The van der Waals surface area contributed by atoms with Crippen molar-refractivity contribution in [2.75, 3.05) is 7.11 Å². The minimum atomic E-state index is -0.837. The molecule has 3 heteroatoms. The van der Waals surface area contributed by atoms with E-state index in [1.807, 2.05) is 25.1 Å². The lowest BCUT2D eigenvalue weighted by atomic mass is 9.79. The van der Waals surface area contributed by atoms with E-state index in [-0.39, 0.29) is 0 Å². The molecule has 0 aliphatic carbocycles. The number of ether oxygens (including phenoxy) is 1. The third-order valence-electron chi connectivity index (χ3n) is 3.67. The molecule has 1 rings (SSSR count). The van der Waals surface area contributed by atoms with E-state index in [2.05, 4.69) is 13.8 Å². The van der Waals surface area contributed by atoms with Gasteiger partial charge in [-0.05, 0) is 36.5 Å². The van der Waals surface area contributed by atoms with Crippen molar-refractivity contribution in [2.24, 2.45) is 0 Å². The molecule has 0 aliphatic heterocycles. The monoisotopic (exact) mass is 250 g/mol. The van der Waals surface area contributed by atoms with Crippen LogP contribution in [-0.2, 0) is 10.2 Å². The summed E-state index contributed by atoms with van der Waals surface area (Å²) in [5.74, 6) is 0.331. The van der Waals surface area contributed by atoms with E-state index in [0.29, 0.717) is 12.3 Å². The molecule has 0 bridgehead atoms. The normalized spacial score (nSPS) is 14.3. The van der Waals surface area contributed by atoms with Gasteiger partial charge >= 0.3 is 5.97 Å². The Hall–Kier alpha value is -1.51. The van der Waals surface area contributed by atoms with Gasteiger partial charge in [0.25, 0.3) is 0 Å². The van der Waals surface area contributed by atoms with Crippen LogP contribution in [0.5, 0.6) is 5.75 Å². The Labute approximate surface area is 109 Å². The first-order valence-corrected chi connectivity index (χ1v) is 6.28. The first-order valence-electron chi connectivity index (χ1n) is 6.28. The quantitative estimate of drug-likeness (QED) is 0.869. The Morgan fingerprint density at radius 3 is 2.44 bits per heavy atom. The van der Waals surface area contributed by atoms with E-state index < -0.39 is 11.4 Å². The molecule has 0 fully saturated rings. The number of aliphatic carboxylic acids is 1. The summed E-state index contributed by atoms with van der Waals surface area (Å²) >= 11 is 0. The van der Waals surface area contributed by atoms with Crippen LogP contribution in [0.25, 0.3) is 0 Å². The number of hydrogen-bond donors (Lipinski definition) is 1. The molecular weight excluding hydrogens is 228 g/mol. The maximum absolute atomic E-state index is 11.5. The molecule has 0 aromatic heterocycles. The highest BCUT2D eigenvalue weighted by Crippen LogP contribution is 2.34. The lowest BCUT2D eigenvalue weighted by Crippen LogP contribution is -2.31. The Balaban J connectivity index is 3.35. The SMILES string of the molecule is CCC(C)(C(=O)O)c1ccc(OC)c(C(C)C)c1. The van der Waals surface area contributed by atoms with Gasteiger partial charge in [0.1, 0.15) is 5.75 Å². The topological polar surface area (TPSA) is 46.5 Å². The lowest BCUT2D eigenvalue weighted by Gasteiger charge is -2.25. The zero-order valence-corrected chi connectivity index (χ0v) is 11.8. The van der Waals surface area contributed by atoms with Gasteiger partial charge in [0.05, 0.1) is 12.5 Å². The van der Waals surface area contributed by atoms with E-state index >= 15 is 0 Å². The van der Waals surface area contributed by atoms with Gasteiger partial charge in [0.2, 0.25) is 0 Å². The van der Waals surface area contributed by atoms with E-state index in [4.69, 9.17) is 4.74 Å². The third-order valence-corrected chi connectivity index (χ3v) is 3.67. The molecule has 0 heterocycles. The second-order valence-electron chi connectivity index (χ2n) is 5.10. The Kier molecular flexibility index (Phi) is 4.38. The molecular formula is C15H22O3. The van der Waals surface area contributed by atoms with Gasteiger partial charge in [-0.3, -0.25) is 4.79 Å². The first kappa shape index (κ1) is 14.6. The maximum atomic E-state index is 11.5. The van der Waals surface area contributed by atoms with Crippen molar-refractivity contribution in [3.8, 4) is 5.75 Å². The zero-order valence-electron chi connectivity index (χ0n) is 11.8. The van der Waals surface area contributed by atoms with E-state index in [0.717, 1.165) is 16.9 Å². The molecule has 18 heavy (non-hydrogen) atoms. The lowest BCUT2D eigenvalue weighted by molar-refractivity contribution is -0.143. The number of methoxy groups -OCH3 is 1. The summed E-state index contributed by atoms with van der Waals surface area (Å²) < 4.78 is 5.32. The standard InChI is InChI=1S/C15H22O3/c1-6-15(4,14(16)17)11-7-8-13(18-5)12(9-11)10(2)3/h7-10H,6H2,1-5H3,(H,16,17). The summed E-state index contributed by atoms with van der Waals surface area (Å²) in [4.78, 5) is 11.5. The molecule has 0 aliphatic rings. The average Bonchev–Trinajstić information content (AvgIpc) is 2.36. The molecule has 0 saturated heterocycles. The maximum Gasteiger partial charge on any atom is 0.313 e. The van der Waals surface area contributed by atoms with Crippen LogP contribution in [0.2, 0.25) is 0 Å². The van der Waals surface area contributed by atoms with Crippen LogP contribution < -0.4 is 4.74 Å². The molecule has 0 amide bonds. The molecule has 1 aromatic carbocycles. The number of carbonyl (C=O) groups is 1. The third kappa shape index (κ3) is 2.50. The van der Waals surface area contributed by atoms with Crippen LogP contribution in [0, 0.1) is 0 Å². The highest BCUT2D eigenvalue weighted by atomic mass is 16.5. The molecule has 1 N–H and O–H groups in total. The summed E-state index contributed by atoms with van der Waals surface area (Å²) in [6, 6.07) is 5.67. The van der Waals surface area contributed by atoms with Crippen LogP contribution in [0.15, 0.2) is 18.2 Å². The fourth-order valence-corrected chi connectivity index (χ4v) is 2.01. The van der Waals surface area contributed by atoms with Crippen LogP contribution in [0.1, 0.15) is 51.2 Å². The largest absolute Gasteiger partial charge is 0.496 e. The van der Waals surface area contributed by atoms with Gasteiger partial charge in [0, 0.05) is 0 Å². The molecule has 0 saturated carbocycles.